The average Bonchev–Trinajstić information content (AvgIpc) is 3.01. The number of amides is 1. The van der Waals surface area contributed by atoms with E-state index >= 15 is 0 Å². The van der Waals surface area contributed by atoms with Crippen LogP contribution in [0.2, 0.25) is 0 Å². The van der Waals surface area contributed by atoms with Crippen LogP contribution >= 0.6 is 24.0 Å². The second-order valence-electron chi connectivity index (χ2n) is 5.36. The van der Waals surface area contributed by atoms with Crippen LogP contribution in [0.4, 0.5) is 0 Å². The zero-order valence-electron chi connectivity index (χ0n) is 13.0. The van der Waals surface area contributed by atoms with E-state index in [-0.39, 0.29) is 29.1 Å². The minimum Gasteiger partial charge on any atom is -0.534 e. The van der Waals surface area contributed by atoms with E-state index in [1.165, 1.54) is 11.4 Å². The number of aromatic nitrogens is 1. The van der Waals surface area contributed by atoms with E-state index in [9.17, 15) is 19.7 Å². The highest BCUT2D eigenvalue weighted by atomic mass is 32.2. The molecule has 26 heavy (non-hydrogen) atoms. The predicted molar refractivity (Wildman–Crippen MR) is 95.3 cm³/mol. The summed E-state index contributed by atoms with van der Waals surface area (Å²) in [5.41, 5.74) is 0.251. The van der Waals surface area contributed by atoms with Crippen LogP contribution in [-0.2, 0) is 11.2 Å². The molecule has 1 amide bonds. The highest BCUT2D eigenvalue weighted by molar-refractivity contribution is 7.82. The van der Waals surface area contributed by atoms with Crippen LogP contribution in [-0.4, -0.2) is 51.0 Å². The lowest BCUT2D eigenvalue weighted by molar-refractivity contribution is -0.115. The molecule has 1 aromatic heterocycles. The van der Waals surface area contributed by atoms with E-state index in [2.05, 4.69) is 28.1 Å². The van der Waals surface area contributed by atoms with Gasteiger partial charge in [-0.2, -0.15) is 0 Å². The maximum atomic E-state index is 12.4. The number of oxime groups is 1. The highest BCUT2D eigenvalue weighted by Crippen LogP contribution is 2.30. The maximum absolute atomic E-state index is 12.4. The molecular formula is C14H12BN3O6S2. The third-order valence-electron chi connectivity index (χ3n) is 3.72. The summed E-state index contributed by atoms with van der Waals surface area (Å²) in [5.74, 6) is -2.76. The monoisotopic (exact) mass is 393 g/mol. The van der Waals surface area contributed by atoms with Crippen LogP contribution in [0.1, 0.15) is 21.6 Å². The molecule has 0 saturated heterocycles. The molecule has 9 nitrogen and oxygen atoms in total. The van der Waals surface area contributed by atoms with Crippen LogP contribution in [0.15, 0.2) is 33.1 Å². The number of aromatic carboxylic acids is 1. The van der Waals surface area contributed by atoms with Crippen molar-refractivity contribution in [2.75, 3.05) is 0 Å². The molecule has 3 rings (SSSR count). The fraction of sp³-hybridized carbons (Fsp3) is 0.143. The summed E-state index contributed by atoms with van der Waals surface area (Å²) >= 11 is 5.20. The number of carboxylic acid groups (broad SMARTS) is 1. The van der Waals surface area contributed by atoms with Crippen LogP contribution in [0.25, 0.3) is 0 Å². The van der Waals surface area contributed by atoms with Gasteiger partial charge in [0, 0.05) is 5.38 Å². The van der Waals surface area contributed by atoms with Crippen molar-refractivity contribution in [2.24, 2.45) is 5.16 Å². The zero-order valence-corrected chi connectivity index (χ0v) is 14.7. The van der Waals surface area contributed by atoms with Gasteiger partial charge >= 0.3 is 13.1 Å². The van der Waals surface area contributed by atoms with E-state index in [4.69, 9.17) is 9.86 Å². The van der Waals surface area contributed by atoms with Crippen molar-refractivity contribution in [3.05, 3.63) is 40.4 Å². The topological polar surface area (TPSA) is 141 Å². The van der Waals surface area contributed by atoms with Crippen LogP contribution in [0.3, 0.4) is 0 Å². The Morgan fingerprint density at radius 2 is 2.23 bits per heavy atom. The Balaban J connectivity index is 1.80. The molecule has 0 aliphatic carbocycles. The first kappa shape index (κ1) is 18.2. The predicted octanol–water partition coefficient (Wildman–Crippen LogP) is 0.448. The first-order valence-corrected chi connectivity index (χ1v) is 8.61. The highest BCUT2D eigenvalue weighted by Gasteiger charge is 2.38. The number of carboxylic acids is 1. The quantitative estimate of drug-likeness (QED) is 0.167. The fourth-order valence-corrected chi connectivity index (χ4v) is 3.34. The lowest BCUT2D eigenvalue weighted by atomic mass is 9.72. The van der Waals surface area contributed by atoms with Crippen molar-refractivity contribution in [1.29, 1.82) is 0 Å². The Hall–Kier alpha value is -2.57. The zero-order chi connectivity index (χ0) is 18.8. The van der Waals surface area contributed by atoms with Crippen molar-refractivity contribution >= 4 is 48.7 Å². The van der Waals surface area contributed by atoms with Gasteiger partial charge in [-0.1, -0.05) is 17.3 Å². The molecule has 2 heterocycles. The lowest BCUT2D eigenvalue weighted by Crippen LogP contribution is -2.54. The van der Waals surface area contributed by atoms with Gasteiger partial charge in [0.05, 0.1) is 11.5 Å². The van der Waals surface area contributed by atoms with Crippen LogP contribution < -0.4 is 9.97 Å². The summed E-state index contributed by atoms with van der Waals surface area (Å²) in [6, 6.07) is 4.55. The number of hydrogen-bond donors (Lipinski definition) is 5. The van der Waals surface area contributed by atoms with E-state index < -0.39 is 24.9 Å². The second-order valence-corrected chi connectivity index (χ2v) is 6.94. The SMILES string of the molecule is O=C(NC1Cc2cccc(C(=O)O)c2OB1O)C(=NO)c1csc(S)n1. The standard InChI is InChI=1S/C14H12BN3O6S2/c19-12(10(18-23)8-5-26-14(25)16-8)17-9-4-6-2-1-3-7(13(20)21)11(6)24-15(9)22/h1-3,5,9,22-23H,4H2,(H,16,25)(H,17,19)(H,20,21). The fourth-order valence-electron chi connectivity index (χ4n) is 2.54. The van der Waals surface area contributed by atoms with E-state index in [1.807, 2.05) is 0 Å². The van der Waals surface area contributed by atoms with Crippen LogP contribution in [0, 0.1) is 0 Å². The smallest absolute Gasteiger partial charge is 0.534 e. The molecule has 4 N–H and O–H groups in total. The molecule has 0 radical (unpaired) electrons. The number of thiazole rings is 1. The number of nitrogens with zero attached hydrogens (tertiary/aromatic N) is 2. The van der Waals surface area contributed by atoms with Crippen molar-refractivity contribution in [2.45, 2.75) is 16.7 Å². The van der Waals surface area contributed by atoms with Crippen molar-refractivity contribution < 1.29 is 29.6 Å². The number of fused-ring (bicyclic) bond motifs is 1. The van der Waals surface area contributed by atoms with E-state index in [0.717, 1.165) is 11.3 Å². The lowest BCUT2D eigenvalue weighted by Gasteiger charge is -2.28. The number of para-hydroxylation sites is 1. The summed E-state index contributed by atoms with van der Waals surface area (Å²) in [6.45, 7) is 0. The van der Waals surface area contributed by atoms with E-state index in [0.29, 0.717) is 9.90 Å². The van der Waals surface area contributed by atoms with Crippen molar-refractivity contribution in [3.8, 4) is 5.75 Å². The Labute approximate surface area is 156 Å². The van der Waals surface area contributed by atoms with Gasteiger partial charge < -0.3 is 25.3 Å². The Morgan fingerprint density at radius 1 is 1.46 bits per heavy atom. The first-order chi connectivity index (χ1) is 12.4. The molecule has 134 valence electrons. The molecule has 1 aliphatic heterocycles. The third-order valence-corrected chi connectivity index (χ3v) is 4.78. The molecule has 0 bridgehead atoms. The summed E-state index contributed by atoms with van der Waals surface area (Å²) in [7, 11) is -1.47. The Bertz CT molecular complexity index is 903. The van der Waals surface area contributed by atoms with Gasteiger partial charge in [-0.3, -0.25) is 4.79 Å². The molecule has 12 heteroatoms. The molecule has 1 aromatic carbocycles. The number of carbonyl (C=O) groups excluding carboxylic acids is 1. The molecule has 2 aromatic rings. The number of benzene rings is 1. The molecular weight excluding hydrogens is 381 g/mol. The normalized spacial score (nSPS) is 16.6. The van der Waals surface area contributed by atoms with Gasteiger partial charge in [-0.05, 0) is 18.1 Å². The molecule has 0 fully saturated rings. The molecule has 1 atom stereocenters. The molecule has 1 unspecified atom stereocenters. The number of carbonyl (C=O) groups is 2. The van der Waals surface area contributed by atoms with Gasteiger partial charge in [0.2, 0.25) is 0 Å². The Morgan fingerprint density at radius 3 is 2.85 bits per heavy atom. The minimum atomic E-state index is -1.47. The molecule has 1 aliphatic rings. The molecule has 0 spiro atoms. The maximum Gasteiger partial charge on any atom is 0.547 e. The first-order valence-electron chi connectivity index (χ1n) is 7.28. The number of rotatable bonds is 4. The van der Waals surface area contributed by atoms with Gasteiger partial charge in [-0.15, -0.1) is 24.0 Å². The van der Waals surface area contributed by atoms with Gasteiger partial charge in [0.1, 0.15) is 15.8 Å². The van der Waals surface area contributed by atoms with Gasteiger partial charge in [0.15, 0.2) is 5.71 Å². The minimum absolute atomic E-state index is 0.0632. The summed E-state index contributed by atoms with van der Waals surface area (Å²) in [5, 5.41) is 35.4. The second kappa shape index (κ2) is 7.36. The van der Waals surface area contributed by atoms with Crippen LogP contribution in [0.5, 0.6) is 5.75 Å². The number of nitrogens with one attached hydrogen (secondary N) is 1. The number of thiol groups is 1. The molecule has 0 saturated carbocycles. The summed E-state index contributed by atoms with van der Waals surface area (Å²) in [4.78, 5) is 27.6. The van der Waals surface area contributed by atoms with Crippen molar-refractivity contribution in [1.82, 2.24) is 10.3 Å². The van der Waals surface area contributed by atoms with Gasteiger partial charge in [-0.25, -0.2) is 9.78 Å². The Kier molecular flexibility index (Phi) is 5.16. The number of hydrogen-bond acceptors (Lipinski definition) is 9. The summed E-state index contributed by atoms with van der Waals surface area (Å²) in [6.07, 6.45) is 0.136. The van der Waals surface area contributed by atoms with E-state index in [1.54, 1.807) is 12.1 Å². The van der Waals surface area contributed by atoms with Crippen molar-refractivity contribution in [3.63, 3.8) is 0 Å². The average molecular weight is 393 g/mol. The van der Waals surface area contributed by atoms with Gasteiger partial charge in [0.25, 0.3) is 5.91 Å². The summed E-state index contributed by atoms with van der Waals surface area (Å²) < 4.78 is 5.69. The third kappa shape index (κ3) is 3.52. The largest absolute Gasteiger partial charge is 0.547 e.